The van der Waals surface area contributed by atoms with Crippen LogP contribution in [-0.4, -0.2) is 59.6 Å². The molecular weight excluding hydrogens is 574 g/mol. The molecule has 12 nitrogen and oxygen atoms in total. The summed E-state index contributed by atoms with van der Waals surface area (Å²) < 4.78 is 0. The number of hydrogen-bond acceptors (Lipinski definition) is 8. The van der Waals surface area contributed by atoms with E-state index in [4.69, 9.17) is 28.7 Å². The largest absolute Gasteiger partial charge is 0.508 e. The van der Waals surface area contributed by atoms with Gasteiger partial charge in [-0.3, -0.25) is 24.2 Å². The number of nitrogens with zero attached hydrogens (tertiary/aromatic N) is 1. The number of Topliss-reactive ketones (excluding diaryl/α,β-unsaturated/α-hetero) is 2. The SMILES string of the molecule is Cc1cc(O)cc(C)c1C[C@H](CC(=O)[C@H](N)CCN=C(N)N)C(=O)N[C@@H](CCCCN)C(=O)C[C@@H](Cc1ccccc1)C(N)=O. The first kappa shape index (κ1) is 36.9. The Hall–Kier alpha value is -4.29. The lowest BCUT2D eigenvalue weighted by atomic mass is 9.86. The molecule has 0 saturated carbocycles. The van der Waals surface area contributed by atoms with Crippen LogP contribution in [0.2, 0.25) is 0 Å². The Morgan fingerprint density at radius 2 is 1.49 bits per heavy atom. The lowest BCUT2D eigenvalue weighted by Gasteiger charge is -2.25. The number of phenols is 1. The molecule has 0 unspecified atom stereocenters. The van der Waals surface area contributed by atoms with E-state index < -0.39 is 35.7 Å². The molecule has 12 N–H and O–H groups in total. The van der Waals surface area contributed by atoms with Crippen molar-refractivity contribution in [3.63, 3.8) is 0 Å². The van der Waals surface area contributed by atoms with Crippen LogP contribution in [0.3, 0.4) is 0 Å². The summed E-state index contributed by atoms with van der Waals surface area (Å²) in [5.74, 6) is -3.40. The van der Waals surface area contributed by atoms with E-state index in [1.165, 1.54) is 0 Å². The Morgan fingerprint density at radius 1 is 0.867 bits per heavy atom. The molecule has 0 aliphatic rings. The Morgan fingerprint density at radius 3 is 2.07 bits per heavy atom. The predicted molar refractivity (Wildman–Crippen MR) is 175 cm³/mol. The molecule has 0 aliphatic heterocycles. The zero-order valence-corrected chi connectivity index (χ0v) is 26.3. The number of carbonyl (C=O) groups excluding carboxylic acids is 4. The summed E-state index contributed by atoms with van der Waals surface area (Å²) in [6.45, 7) is 4.20. The summed E-state index contributed by atoms with van der Waals surface area (Å²) in [7, 11) is 0. The van der Waals surface area contributed by atoms with Crippen LogP contribution in [0.5, 0.6) is 5.75 Å². The van der Waals surface area contributed by atoms with Gasteiger partial charge in [-0.25, -0.2) is 0 Å². The number of nitrogens with two attached hydrogens (primary N) is 5. The number of primary amides is 1. The van der Waals surface area contributed by atoms with Crippen LogP contribution in [0.25, 0.3) is 0 Å². The third-order valence-electron chi connectivity index (χ3n) is 7.92. The number of amides is 2. The molecule has 246 valence electrons. The van der Waals surface area contributed by atoms with Crippen LogP contribution in [0, 0.1) is 25.7 Å². The molecule has 0 bridgehead atoms. The Kier molecular flexibility index (Phi) is 15.2. The number of ketones is 2. The van der Waals surface area contributed by atoms with E-state index in [0.717, 1.165) is 22.3 Å². The van der Waals surface area contributed by atoms with Crippen molar-refractivity contribution in [2.45, 2.75) is 77.3 Å². The second-order valence-electron chi connectivity index (χ2n) is 11.6. The van der Waals surface area contributed by atoms with Crippen LogP contribution in [-0.2, 0) is 32.0 Å². The van der Waals surface area contributed by atoms with E-state index >= 15 is 0 Å². The van der Waals surface area contributed by atoms with Gasteiger partial charge in [0.1, 0.15) is 11.5 Å². The number of nitrogens with one attached hydrogen (secondary N) is 1. The standard InChI is InChI=1S/C33H49N7O5/c1-20-14-25(41)15-21(2)26(20)17-24(19-29(42)27(35)11-13-39-33(37)38)32(45)40-28(10-6-7-12-34)30(43)18-23(31(36)44)16-22-8-4-3-5-9-22/h3-5,8-9,14-15,23-24,27-28,41H,6-7,10-13,16-19,34-35H2,1-2H3,(H2,36,44)(H,40,45)(H4,37,38,39)/t23-,24-,27-,28+/m1/s1. The van der Waals surface area contributed by atoms with Crippen molar-refractivity contribution < 1.29 is 24.3 Å². The van der Waals surface area contributed by atoms with Crippen molar-refractivity contribution in [2.75, 3.05) is 13.1 Å². The Balaban J connectivity index is 2.32. The number of unbranched alkanes of at least 4 members (excludes halogenated alkanes) is 1. The fraction of sp³-hybridized carbons (Fsp3) is 0.485. The van der Waals surface area contributed by atoms with Gasteiger partial charge in [0.2, 0.25) is 11.8 Å². The molecule has 0 fully saturated rings. The fourth-order valence-corrected chi connectivity index (χ4v) is 5.34. The number of guanidine groups is 1. The van der Waals surface area contributed by atoms with Crippen LogP contribution in [0.4, 0.5) is 0 Å². The first-order valence-electron chi connectivity index (χ1n) is 15.3. The molecule has 2 rings (SSSR count). The summed E-state index contributed by atoms with van der Waals surface area (Å²) in [6.07, 6.45) is 1.86. The third-order valence-corrected chi connectivity index (χ3v) is 7.92. The van der Waals surface area contributed by atoms with Gasteiger partial charge in [0.15, 0.2) is 11.7 Å². The lowest BCUT2D eigenvalue weighted by Crippen LogP contribution is -2.46. The van der Waals surface area contributed by atoms with E-state index in [2.05, 4.69) is 10.3 Å². The molecule has 0 saturated heterocycles. The fourth-order valence-electron chi connectivity index (χ4n) is 5.34. The molecule has 0 aliphatic carbocycles. The minimum Gasteiger partial charge on any atom is -0.508 e. The van der Waals surface area contributed by atoms with E-state index in [-0.39, 0.29) is 55.5 Å². The summed E-state index contributed by atoms with van der Waals surface area (Å²) >= 11 is 0. The lowest BCUT2D eigenvalue weighted by molar-refractivity contribution is -0.133. The van der Waals surface area contributed by atoms with E-state index in [9.17, 15) is 24.3 Å². The number of rotatable bonds is 20. The van der Waals surface area contributed by atoms with Gasteiger partial charge >= 0.3 is 0 Å². The Labute approximate surface area is 265 Å². The number of aryl methyl sites for hydroxylation is 2. The third kappa shape index (κ3) is 12.7. The van der Waals surface area contributed by atoms with Gasteiger partial charge in [0.05, 0.1) is 12.1 Å². The number of aliphatic imine (C=N–C) groups is 1. The molecule has 12 heteroatoms. The van der Waals surface area contributed by atoms with Crippen molar-refractivity contribution in [1.82, 2.24) is 5.32 Å². The highest BCUT2D eigenvalue weighted by Gasteiger charge is 2.31. The highest BCUT2D eigenvalue weighted by atomic mass is 16.3. The van der Waals surface area contributed by atoms with Crippen molar-refractivity contribution in [2.24, 2.45) is 45.5 Å². The molecule has 2 amide bonds. The minimum absolute atomic E-state index is 0.0950. The van der Waals surface area contributed by atoms with Gasteiger partial charge in [-0.2, -0.15) is 0 Å². The smallest absolute Gasteiger partial charge is 0.224 e. The monoisotopic (exact) mass is 623 g/mol. The summed E-state index contributed by atoms with van der Waals surface area (Å²) in [5, 5.41) is 12.9. The number of phenolic OH excluding ortho intramolecular Hbond substituents is 1. The maximum atomic E-state index is 13.9. The molecule has 0 radical (unpaired) electrons. The molecule has 45 heavy (non-hydrogen) atoms. The molecule has 0 heterocycles. The average Bonchev–Trinajstić information content (AvgIpc) is 2.97. The Bertz CT molecular complexity index is 1300. The van der Waals surface area contributed by atoms with Crippen molar-refractivity contribution in [1.29, 1.82) is 0 Å². The van der Waals surface area contributed by atoms with Crippen molar-refractivity contribution >= 4 is 29.3 Å². The van der Waals surface area contributed by atoms with Crippen molar-refractivity contribution in [3.05, 3.63) is 64.7 Å². The van der Waals surface area contributed by atoms with E-state index in [1.807, 2.05) is 44.2 Å². The quantitative estimate of drug-likeness (QED) is 0.0632. The second-order valence-corrected chi connectivity index (χ2v) is 11.6. The van der Waals surface area contributed by atoms with Gasteiger partial charge in [-0.15, -0.1) is 0 Å². The zero-order chi connectivity index (χ0) is 33.5. The highest BCUT2D eigenvalue weighted by molar-refractivity contribution is 5.94. The summed E-state index contributed by atoms with van der Waals surface area (Å²) in [5.41, 5.74) is 31.4. The maximum absolute atomic E-state index is 13.9. The summed E-state index contributed by atoms with van der Waals surface area (Å²) in [6, 6.07) is 10.6. The van der Waals surface area contributed by atoms with Crippen LogP contribution >= 0.6 is 0 Å². The van der Waals surface area contributed by atoms with Gasteiger partial charge in [0, 0.05) is 31.2 Å². The van der Waals surface area contributed by atoms with Crippen molar-refractivity contribution in [3.8, 4) is 5.75 Å². The number of benzene rings is 2. The van der Waals surface area contributed by atoms with Gasteiger partial charge < -0.3 is 39.1 Å². The first-order chi connectivity index (χ1) is 21.3. The van der Waals surface area contributed by atoms with Crippen LogP contribution < -0.4 is 34.0 Å². The molecule has 2 aromatic rings. The topological polar surface area (TPSA) is 243 Å². The molecular formula is C33H49N7O5. The minimum atomic E-state index is -0.906. The predicted octanol–water partition coefficient (Wildman–Crippen LogP) is 1.03. The van der Waals surface area contributed by atoms with E-state index in [1.54, 1.807) is 12.1 Å². The first-order valence-corrected chi connectivity index (χ1v) is 15.3. The normalized spacial score (nSPS) is 13.7. The van der Waals surface area contributed by atoms with Crippen LogP contribution in [0.1, 0.15) is 60.8 Å². The molecule has 0 spiro atoms. The molecule has 2 aromatic carbocycles. The molecule has 4 atom stereocenters. The van der Waals surface area contributed by atoms with Gasteiger partial charge in [0.25, 0.3) is 0 Å². The number of carbonyl (C=O) groups is 4. The summed E-state index contributed by atoms with van der Waals surface area (Å²) in [4.78, 5) is 56.9. The van der Waals surface area contributed by atoms with Gasteiger partial charge in [-0.1, -0.05) is 30.3 Å². The average molecular weight is 624 g/mol. The van der Waals surface area contributed by atoms with Gasteiger partial charge in [-0.05, 0) is 93.3 Å². The van der Waals surface area contributed by atoms with Crippen LogP contribution in [0.15, 0.2) is 47.5 Å². The number of hydrogen-bond donors (Lipinski definition) is 7. The highest BCUT2D eigenvalue weighted by Crippen LogP contribution is 2.26. The molecule has 0 aromatic heterocycles. The zero-order valence-electron chi connectivity index (χ0n) is 26.3. The number of aromatic hydroxyl groups is 1. The van der Waals surface area contributed by atoms with E-state index in [0.29, 0.717) is 32.2 Å². The maximum Gasteiger partial charge on any atom is 0.224 e. The second kappa shape index (κ2) is 18.5.